The van der Waals surface area contributed by atoms with Gasteiger partial charge in [-0.05, 0) is 33.2 Å². The van der Waals surface area contributed by atoms with E-state index in [1.54, 1.807) is 0 Å². The number of fused-ring (bicyclic) bond motifs is 3. The molecule has 0 bridgehead atoms. The van der Waals surface area contributed by atoms with Crippen molar-refractivity contribution >= 4 is 16.9 Å². The van der Waals surface area contributed by atoms with Crippen LogP contribution in [-0.4, -0.2) is 28.5 Å². The van der Waals surface area contributed by atoms with Gasteiger partial charge in [-0.2, -0.15) is 4.98 Å². The van der Waals surface area contributed by atoms with Crippen LogP contribution in [0.1, 0.15) is 11.9 Å². The Morgan fingerprint density at radius 3 is 2.83 bits per heavy atom. The summed E-state index contributed by atoms with van der Waals surface area (Å²) >= 11 is 0. The number of hydrogen-bond acceptors (Lipinski definition) is 5. The maximum absolute atomic E-state index is 11.9. The molecule has 1 atom stereocenters. The number of hydrogen-bond donors (Lipinski definition) is 0. The van der Waals surface area contributed by atoms with Crippen LogP contribution in [0.2, 0.25) is 0 Å². The standard InChI is InChI=1S/C12H13N5O/c1-7-4-5-9-8(6-7)10(18)13-11-14-15-12(16(2)3)17(9)11/h4-6,12H,1-3H3. The van der Waals surface area contributed by atoms with Crippen molar-refractivity contribution in [2.24, 2.45) is 10.2 Å². The Kier molecular flexibility index (Phi) is 2.27. The van der Waals surface area contributed by atoms with E-state index >= 15 is 0 Å². The summed E-state index contributed by atoms with van der Waals surface area (Å²) in [5.74, 6) is 0.370. The number of aromatic nitrogens is 2. The normalized spacial score (nSPS) is 17.7. The number of azo groups is 1. The third-order valence-electron chi connectivity index (χ3n) is 3.00. The zero-order valence-corrected chi connectivity index (χ0v) is 10.5. The van der Waals surface area contributed by atoms with E-state index in [0.717, 1.165) is 11.1 Å². The highest BCUT2D eigenvalue weighted by atomic mass is 16.1. The van der Waals surface area contributed by atoms with Crippen LogP contribution >= 0.6 is 0 Å². The van der Waals surface area contributed by atoms with E-state index in [0.29, 0.717) is 11.3 Å². The van der Waals surface area contributed by atoms with Crippen LogP contribution in [0.4, 0.5) is 5.95 Å². The molecule has 0 saturated carbocycles. The van der Waals surface area contributed by atoms with Gasteiger partial charge in [-0.25, -0.2) is 0 Å². The largest absolute Gasteiger partial charge is 0.282 e. The Morgan fingerprint density at radius 2 is 2.11 bits per heavy atom. The third-order valence-corrected chi connectivity index (χ3v) is 3.00. The zero-order chi connectivity index (χ0) is 12.9. The highest BCUT2D eigenvalue weighted by Gasteiger charge is 2.24. The molecule has 1 aromatic heterocycles. The maximum atomic E-state index is 11.9. The van der Waals surface area contributed by atoms with Crippen LogP contribution in [0.5, 0.6) is 0 Å². The van der Waals surface area contributed by atoms with Crippen molar-refractivity contribution in [3.05, 3.63) is 34.1 Å². The lowest BCUT2D eigenvalue weighted by molar-refractivity contribution is 0.238. The van der Waals surface area contributed by atoms with Gasteiger partial charge in [0.15, 0.2) is 0 Å². The summed E-state index contributed by atoms with van der Waals surface area (Å²) in [5, 5.41) is 8.71. The predicted molar refractivity (Wildman–Crippen MR) is 68.0 cm³/mol. The molecular weight excluding hydrogens is 230 g/mol. The molecule has 0 radical (unpaired) electrons. The molecule has 0 N–H and O–H groups in total. The van der Waals surface area contributed by atoms with Gasteiger partial charge in [0.2, 0.25) is 6.29 Å². The van der Waals surface area contributed by atoms with Gasteiger partial charge < -0.3 is 0 Å². The molecule has 0 saturated heterocycles. The number of rotatable bonds is 1. The summed E-state index contributed by atoms with van der Waals surface area (Å²) in [6.45, 7) is 1.95. The topological polar surface area (TPSA) is 62.9 Å². The fraction of sp³-hybridized carbons (Fsp3) is 0.333. The maximum Gasteiger partial charge on any atom is 0.282 e. The van der Waals surface area contributed by atoms with Crippen molar-refractivity contribution in [2.75, 3.05) is 14.1 Å². The molecule has 2 aromatic rings. The third kappa shape index (κ3) is 1.46. The Balaban J connectivity index is 2.39. The van der Waals surface area contributed by atoms with E-state index in [4.69, 9.17) is 0 Å². The second-order valence-corrected chi connectivity index (χ2v) is 4.63. The van der Waals surface area contributed by atoms with Gasteiger partial charge in [-0.3, -0.25) is 14.3 Å². The minimum Gasteiger partial charge on any atom is -0.271 e. The molecule has 1 unspecified atom stereocenters. The number of benzene rings is 1. The molecule has 0 aliphatic carbocycles. The van der Waals surface area contributed by atoms with Crippen LogP contribution < -0.4 is 5.56 Å². The van der Waals surface area contributed by atoms with Crippen molar-refractivity contribution in [3.8, 4) is 0 Å². The first-order valence-corrected chi connectivity index (χ1v) is 5.68. The predicted octanol–water partition coefficient (Wildman–Crippen LogP) is 1.82. The number of aryl methyl sites for hydroxylation is 1. The van der Waals surface area contributed by atoms with E-state index in [-0.39, 0.29) is 11.8 Å². The van der Waals surface area contributed by atoms with Gasteiger partial charge in [-0.1, -0.05) is 11.6 Å². The highest BCUT2D eigenvalue weighted by Crippen LogP contribution is 2.30. The summed E-state index contributed by atoms with van der Waals surface area (Å²) < 4.78 is 1.87. The molecule has 6 nitrogen and oxygen atoms in total. The molecule has 1 aliphatic rings. The average Bonchev–Trinajstić information content (AvgIpc) is 2.73. The fourth-order valence-electron chi connectivity index (χ4n) is 2.13. The Labute approximate surface area is 104 Å². The first-order chi connectivity index (χ1) is 8.58. The van der Waals surface area contributed by atoms with Crippen molar-refractivity contribution in [1.29, 1.82) is 0 Å². The summed E-state index contributed by atoms with van der Waals surface area (Å²) in [7, 11) is 3.83. The van der Waals surface area contributed by atoms with Crippen LogP contribution in [0, 0.1) is 6.92 Å². The lowest BCUT2D eigenvalue weighted by Crippen LogP contribution is -2.24. The van der Waals surface area contributed by atoms with Gasteiger partial charge >= 0.3 is 0 Å². The molecule has 0 fully saturated rings. The van der Waals surface area contributed by atoms with Crippen LogP contribution in [0.15, 0.2) is 33.2 Å². The SMILES string of the molecule is Cc1ccc2c(c1)c(=O)nc1n2C(N(C)C)N=N1. The molecule has 18 heavy (non-hydrogen) atoms. The Hall–Kier alpha value is -2.08. The van der Waals surface area contributed by atoms with E-state index in [1.165, 1.54) is 0 Å². The quantitative estimate of drug-likeness (QED) is 0.767. The van der Waals surface area contributed by atoms with Gasteiger partial charge in [0.25, 0.3) is 11.5 Å². The lowest BCUT2D eigenvalue weighted by atomic mass is 10.1. The van der Waals surface area contributed by atoms with Crippen molar-refractivity contribution in [2.45, 2.75) is 13.2 Å². The van der Waals surface area contributed by atoms with Crippen molar-refractivity contribution in [3.63, 3.8) is 0 Å². The molecule has 92 valence electrons. The molecule has 1 aliphatic heterocycles. The van der Waals surface area contributed by atoms with Gasteiger partial charge in [0.05, 0.1) is 10.9 Å². The smallest absolute Gasteiger partial charge is 0.271 e. The first-order valence-electron chi connectivity index (χ1n) is 5.68. The fourth-order valence-corrected chi connectivity index (χ4v) is 2.13. The van der Waals surface area contributed by atoms with Crippen molar-refractivity contribution in [1.82, 2.24) is 14.5 Å². The van der Waals surface area contributed by atoms with E-state index in [2.05, 4.69) is 15.2 Å². The van der Waals surface area contributed by atoms with Crippen LogP contribution in [0.25, 0.3) is 10.9 Å². The Morgan fingerprint density at radius 1 is 1.33 bits per heavy atom. The molecule has 0 amide bonds. The van der Waals surface area contributed by atoms with E-state index < -0.39 is 0 Å². The minimum absolute atomic E-state index is 0.238. The molecular formula is C12H13N5O. The summed E-state index contributed by atoms with van der Waals surface area (Å²) in [5.41, 5.74) is 1.60. The number of nitrogens with zero attached hydrogens (tertiary/aromatic N) is 5. The first kappa shape index (κ1) is 11.0. The van der Waals surface area contributed by atoms with Crippen LogP contribution in [-0.2, 0) is 0 Å². The monoisotopic (exact) mass is 243 g/mol. The molecule has 1 aromatic carbocycles. The lowest BCUT2D eigenvalue weighted by Gasteiger charge is -2.20. The summed E-state index contributed by atoms with van der Waals surface area (Å²) in [6.07, 6.45) is -0.238. The average molecular weight is 243 g/mol. The highest BCUT2D eigenvalue weighted by molar-refractivity contribution is 5.80. The van der Waals surface area contributed by atoms with Gasteiger partial charge in [0, 0.05) is 0 Å². The summed E-state index contributed by atoms with van der Waals surface area (Å²) in [4.78, 5) is 17.8. The van der Waals surface area contributed by atoms with Crippen molar-refractivity contribution < 1.29 is 0 Å². The zero-order valence-electron chi connectivity index (χ0n) is 10.5. The second-order valence-electron chi connectivity index (χ2n) is 4.63. The van der Waals surface area contributed by atoms with E-state index in [1.807, 2.05) is 48.7 Å². The minimum atomic E-state index is -0.252. The van der Waals surface area contributed by atoms with Gasteiger partial charge in [-0.15, -0.1) is 10.2 Å². The van der Waals surface area contributed by atoms with E-state index in [9.17, 15) is 4.79 Å². The second kappa shape index (κ2) is 3.71. The molecule has 0 spiro atoms. The molecule has 2 heterocycles. The molecule has 6 heteroatoms. The molecule has 3 rings (SSSR count). The Bertz CT molecular complexity index is 716. The van der Waals surface area contributed by atoms with Gasteiger partial charge in [0.1, 0.15) is 0 Å². The van der Waals surface area contributed by atoms with Crippen LogP contribution in [0.3, 0.4) is 0 Å². The summed E-state index contributed by atoms with van der Waals surface area (Å²) in [6, 6.07) is 5.74.